The summed E-state index contributed by atoms with van der Waals surface area (Å²) in [5.74, 6) is -0.171. The first-order valence-electron chi connectivity index (χ1n) is 7.10. The average Bonchev–Trinajstić information content (AvgIpc) is 2.90. The molecule has 0 spiro atoms. The summed E-state index contributed by atoms with van der Waals surface area (Å²) in [6, 6.07) is 2.74. The van der Waals surface area contributed by atoms with Gasteiger partial charge < -0.3 is 15.0 Å². The number of piperidine rings is 1. The van der Waals surface area contributed by atoms with E-state index in [-0.39, 0.29) is 11.4 Å². The van der Waals surface area contributed by atoms with Gasteiger partial charge in [-0.2, -0.15) is 0 Å². The Morgan fingerprint density at radius 3 is 2.95 bits per heavy atom. The molecule has 0 amide bonds. The van der Waals surface area contributed by atoms with Gasteiger partial charge in [-0.25, -0.2) is 4.39 Å². The molecule has 114 valence electrons. The second-order valence-electron chi connectivity index (χ2n) is 5.60. The molecule has 3 rings (SSSR count). The molecule has 1 aromatic rings. The molecule has 6 nitrogen and oxygen atoms in total. The van der Waals surface area contributed by atoms with Crippen molar-refractivity contribution in [2.45, 2.75) is 18.9 Å². The maximum atomic E-state index is 13.7. The van der Waals surface area contributed by atoms with E-state index in [4.69, 9.17) is 4.74 Å². The molecular weight excluding hydrogens is 277 g/mol. The van der Waals surface area contributed by atoms with Gasteiger partial charge in [0, 0.05) is 25.2 Å². The van der Waals surface area contributed by atoms with Crippen LogP contribution in [0.5, 0.6) is 5.75 Å². The summed E-state index contributed by atoms with van der Waals surface area (Å²) in [5, 5.41) is 14.7. The first-order chi connectivity index (χ1) is 10.1. The smallest absolute Gasteiger partial charge is 0.295 e. The fraction of sp³-hybridized carbons (Fsp3) is 0.571. The van der Waals surface area contributed by atoms with Crippen molar-refractivity contribution in [1.29, 1.82) is 0 Å². The quantitative estimate of drug-likeness (QED) is 0.681. The molecular formula is C14H18FN3O3. The lowest BCUT2D eigenvalue weighted by Crippen LogP contribution is -2.40. The molecule has 2 aliphatic heterocycles. The standard InChI is InChI=1S/C14H18FN3O3/c1-21-14-6-12(13(18(19)20)5-10(14)15)17-7-9-3-2-4-16-11(9)8-17/h5-6,9,11,16H,2-4,7-8H2,1H3. The number of nitro benzene ring substituents is 1. The van der Waals surface area contributed by atoms with E-state index in [1.54, 1.807) is 0 Å². The van der Waals surface area contributed by atoms with Crippen molar-refractivity contribution >= 4 is 11.4 Å². The van der Waals surface area contributed by atoms with Crippen molar-refractivity contribution < 1.29 is 14.1 Å². The topological polar surface area (TPSA) is 67.6 Å². The molecule has 2 fully saturated rings. The van der Waals surface area contributed by atoms with Crippen molar-refractivity contribution in [2.24, 2.45) is 5.92 Å². The van der Waals surface area contributed by atoms with Crippen LogP contribution in [0.4, 0.5) is 15.8 Å². The maximum absolute atomic E-state index is 13.7. The third-order valence-electron chi connectivity index (χ3n) is 4.39. The van der Waals surface area contributed by atoms with Gasteiger partial charge in [0.1, 0.15) is 5.69 Å². The summed E-state index contributed by atoms with van der Waals surface area (Å²) in [6.07, 6.45) is 2.25. The van der Waals surface area contributed by atoms with E-state index >= 15 is 0 Å². The Bertz CT molecular complexity index is 553. The molecule has 0 radical (unpaired) electrons. The molecule has 0 saturated carbocycles. The van der Waals surface area contributed by atoms with Crippen molar-refractivity contribution in [3.63, 3.8) is 0 Å². The van der Waals surface area contributed by atoms with Crippen molar-refractivity contribution in [2.75, 3.05) is 31.6 Å². The van der Waals surface area contributed by atoms with Crippen LogP contribution in [0.3, 0.4) is 0 Å². The van der Waals surface area contributed by atoms with Crippen LogP contribution in [-0.4, -0.2) is 37.7 Å². The minimum atomic E-state index is -0.706. The number of hydrogen-bond acceptors (Lipinski definition) is 5. The molecule has 2 atom stereocenters. The van der Waals surface area contributed by atoms with Crippen molar-refractivity contribution in [3.05, 3.63) is 28.1 Å². The van der Waals surface area contributed by atoms with Crippen LogP contribution in [0, 0.1) is 21.8 Å². The largest absolute Gasteiger partial charge is 0.494 e. The summed E-state index contributed by atoms with van der Waals surface area (Å²) in [6.45, 7) is 2.46. The highest BCUT2D eigenvalue weighted by Gasteiger charge is 2.37. The van der Waals surface area contributed by atoms with Crippen LogP contribution < -0.4 is 15.0 Å². The molecule has 1 N–H and O–H groups in total. The molecule has 2 unspecified atom stereocenters. The van der Waals surface area contributed by atoms with E-state index in [9.17, 15) is 14.5 Å². The zero-order valence-electron chi connectivity index (χ0n) is 11.8. The zero-order chi connectivity index (χ0) is 15.0. The number of methoxy groups -OCH3 is 1. The zero-order valence-corrected chi connectivity index (χ0v) is 11.8. The number of halogens is 1. The Hall–Kier alpha value is -1.89. The van der Waals surface area contributed by atoms with Gasteiger partial charge in [-0.1, -0.05) is 0 Å². The number of ether oxygens (including phenoxy) is 1. The number of benzene rings is 1. The van der Waals surface area contributed by atoms with E-state index in [2.05, 4.69) is 5.32 Å². The molecule has 0 aliphatic carbocycles. The third-order valence-corrected chi connectivity index (χ3v) is 4.39. The predicted octanol–water partition coefficient (Wildman–Crippen LogP) is 1.93. The molecule has 2 aliphatic rings. The minimum absolute atomic E-state index is 0.0402. The summed E-state index contributed by atoms with van der Waals surface area (Å²) in [5.41, 5.74) is 0.237. The molecule has 0 bridgehead atoms. The van der Waals surface area contributed by atoms with Crippen LogP contribution in [0.25, 0.3) is 0 Å². The fourth-order valence-corrected chi connectivity index (χ4v) is 3.33. The lowest BCUT2D eigenvalue weighted by molar-refractivity contribution is -0.384. The molecule has 2 saturated heterocycles. The Labute approximate surface area is 122 Å². The number of hydrogen-bond donors (Lipinski definition) is 1. The maximum Gasteiger partial charge on any atom is 0.295 e. The van der Waals surface area contributed by atoms with Crippen molar-refractivity contribution in [3.8, 4) is 5.75 Å². The van der Waals surface area contributed by atoms with Crippen LogP contribution in [0.2, 0.25) is 0 Å². The van der Waals surface area contributed by atoms with E-state index in [0.29, 0.717) is 24.2 Å². The van der Waals surface area contributed by atoms with Crippen molar-refractivity contribution in [1.82, 2.24) is 5.32 Å². The van der Waals surface area contributed by atoms with Gasteiger partial charge in [-0.05, 0) is 25.3 Å². The normalized spacial score (nSPS) is 24.8. The molecule has 21 heavy (non-hydrogen) atoms. The monoisotopic (exact) mass is 295 g/mol. The van der Waals surface area contributed by atoms with Gasteiger partial charge in [0.05, 0.1) is 18.1 Å². The number of nitrogens with zero attached hydrogens (tertiary/aromatic N) is 2. The van der Waals surface area contributed by atoms with E-state index < -0.39 is 10.7 Å². The number of nitro groups is 1. The first kappa shape index (κ1) is 14.1. The molecule has 1 aromatic carbocycles. The minimum Gasteiger partial charge on any atom is -0.494 e. The number of rotatable bonds is 3. The molecule has 2 heterocycles. The third kappa shape index (κ3) is 2.53. The highest BCUT2D eigenvalue weighted by atomic mass is 19.1. The van der Waals surface area contributed by atoms with E-state index in [0.717, 1.165) is 32.0 Å². The number of anilines is 1. The molecule has 0 aromatic heterocycles. The van der Waals surface area contributed by atoms with Gasteiger partial charge in [0.25, 0.3) is 5.69 Å². The number of fused-ring (bicyclic) bond motifs is 1. The van der Waals surface area contributed by atoms with Crippen LogP contribution in [0.1, 0.15) is 12.8 Å². The summed E-state index contributed by atoms with van der Waals surface area (Å²) >= 11 is 0. The highest BCUT2D eigenvalue weighted by molar-refractivity contribution is 5.67. The lowest BCUT2D eigenvalue weighted by atomic mass is 9.94. The first-order valence-corrected chi connectivity index (χ1v) is 7.10. The fourth-order valence-electron chi connectivity index (χ4n) is 3.33. The summed E-state index contributed by atoms with van der Waals surface area (Å²) < 4.78 is 18.7. The van der Waals surface area contributed by atoms with Gasteiger partial charge in [0.2, 0.25) is 0 Å². The lowest BCUT2D eigenvalue weighted by Gasteiger charge is -2.24. The van der Waals surface area contributed by atoms with Gasteiger partial charge in [0.15, 0.2) is 11.6 Å². The Morgan fingerprint density at radius 1 is 1.48 bits per heavy atom. The molecule has 7 heteroatoms. The second kappa shape index (κ2) is 5.48. The Balaban J connectivity index is 1.95. The SMILES string of the molecule is COc1cc(N2CC3CCCNC3C2)c([N+](=O)[O-])cc1F. The van der Waals surface area contributed by atoms with Gasteiger partial charge >= 0.3 is 0 Å². The van der Waals surface area contributed by atoms with Gasteiger partial charge in [-0.3, -0.25) is 10.1 Å². The average molecular weight is 295 g/mol. The van der Waals surface area contributed by atoms with E-state index in [1.165, 1.54) is 13.2 Å². The summed E-state index contributed by atoms with van der Waals surface area (Å²) in [7, 11) is 1.36. The summed E-state index contributed by atoms with van der Waals surface area (Å²) in [4.78, 5) is 12.6. The van der Waals surface area contributed by atoms with E-state index in [1.807, 2.05) is 4.90 Å². The van der Waals surface area contributed by atoms with Crippen LogP contribution in [0.15, 0.2) is 12.1 Å². The Morgan fingerprint density at radius 2 is 2.29 bits per heavy atom. The van der Waals surface area contributed by atoms with Crippen LogP contribution in [-0.2, 0) is 0 Å². The van der Waals surface area contributed by atoms with Gasteiger partial charge in [-0.15, -0.1) is 0 Å². The predicted molar refractivity (Wildman–Crippen MR) is 76.3 cm³/mol. The number of nitrogens with one attached hydrogen (secondary N) is 1. The highest BCUT2D eigenvalue weighted by Crippen LogP contribution is 2.38. The van der Waals surface area contributed by atoms with Crippen LogP contribution >= 0.6 is 0 Å². The second-order valence-corrected chi connectivity index (χ2v) is 5.60. The Kier molecular flexibility index (Phi) is 3.67.